The van der Waals surface area contributed by atoms with Gasteiger partial charge >= 0.3 is 6.03 Å². The standard InChI is InChI=1S/C30H43FN4O5/c1-20-17-35(21(2)19-36)29(37)26-16-25(33-30(38)32-24-11-9-23(31)10-12-24)13-14-27(26)40-22(3)8-6-7-15-39-28(20)18-34(4)5/h9-14,16,20-22,28,36H,6-8,15,17-19H2,1-5H3,(H2,32,33,38)/t20-,21-,22-,28+/m0/s1. The summed E-state index contributed by atoms with van der Waals surface area (Å²) < 4.78 is 25.7. The number of hydrogen-bond donors (Lipinski definition) is 3. The van der Waals surface area contributed by atoms with E-state index in [-0.39, 0.29) is 30.6 Å². The van der Waals surface area contributed by atoms with Crippen LogP contribution < -0.4 is 15.4 Å². The van der Waals surface area contributed by atoms with Crippen LogP contribution in [0.15, 0.2) is 42.5 Å². The smallest absolute Gasteiger partial charge is 0.323 e. The average molecular weight is 559 g/mol. The van der Waals surface area contributed by atoms with E-state index in [2.05, 4.69) is 22.5 Å². The molecular weight excluding hydrogens is 515 g/mol. The number of hydrogen-bond acceptors (Lipinski definition) is 6. The van der Waals surface area contributed by atoms with Gasteiger partial charge in [0.1, 0.15) is 11.6 Å². The molecule has 0 saturated carbocycles. The molecule has 0 aromatic heterocycles. The monoisotopic (exact) mass is 558 g/mol. The van der Waals surface area contributed by atoms with Crippen molar-refractivity contribution in [3.05, 3.63) is 53.8 Å². The van der Waals surface area contributed by atoms with Crippen molar-refractivity contribution in [2.75, 3.05) is 51.0 Å². The van der Waals surface area contributed by atoms with Crippen LogP contribution in [-0.2, 0) is 4.74 Å². The second-order valence-electron chi connectivity index (χ2n) is 10.9. The highest BCUT2D eigenvalue weighted by Crippen LogP contribution is 2.28. The molecule has 2 aromatic rings. The van der Waals surface area contributed by atoms with E-state index in [4.69, 9.17) is 9.47 Å². The van der Waals surface area contributed by atoms with Gasteiger partial charge in [-0.3, -0.25) is 4.79 Å². The van der Waals surface area contributed by atoms with Gasteiger partial charge in [-0.15, -0.1) is 0 Å². The van der Waals surface area contributed by atoms with Gasteiger partial charge in [-0.2, -0.15) is 0 Å². The highest BCUT2D eigenvalue weighted by molar-refractivity contribution is 6.02. The van der Waals surface area contributed by atoms with Crippen LogP contribution in [-0.4, -0.2) is 85.5 Å². The number of carbonyl (C=O) groups is 2. The van der Waals surface area contributed by atoms with E-state index < -0.39 is 17.9 Å². The minimum absolute atomic E-state index is 0.00521. The van der Waals surface area contributed by atoms with Gasteiger partial charge in [0, 0.05) is 37.0 Å². The van der Waals surface area contributed by atoms with E-state index in [1.54, 1.807) is 30.0 Å². The van der Waals surface area contributed by atoms with Crippen LogP contribution in [0, 0.1) is 11.7 Å². The Bertz CT molecular complexity index is 1110. The summed E-state index contributed by atoms with van der Waals surface area (Å²) in [6.07, 6.45) is 2.39. The molecular formula is C30H43FN4O5. The minimum atomic E-state index is -0.535. The number of urea groups is 1. The number of likely N-dealkylation sites (N-methyl/N-ethyl adjacent to an activating group) is 1. The van der Waals surface area contributed by atoms with Gasteiger partial charge < -0.3 is 35.0 Å². The highest BCUT2D eigenvalue weighted by atomic mass is 19.1. The molecule has 3 rings (SSSR count). The fourth-order valence-corrected chi connectivity index (χ4v) is 4.65. The summed E-state index contributed by atoms with van der Waals surface area (Å²) in [4.78, 5) is 30.4. The predicted molar refractivity (Wildman–Crippen MR) is 154 cm³/mol. The molecule has 0 bridgehead atoms. The normalized spacial score (nSPS) is 21.6. The molecule has 0 fully saturated rings. The van der Waals surface area contributed by atoms with Crippen LogP contribution >= 0.6 is 0 Å². The molecule has 10 heteroatoms. The third-order valence-corrected chi connectivity index (χ3v) is 6.96. The molecule has 1 aliphatic heterocycles. The maximum atomic E-state index is 14.1. The summed E-state index contributed by atoms with van der Waals surface area (Å²) in [5.41, 5.74) is 1.11. The first kappa shape index (κ1) is 31.3. The number of aliphatic hydroxyl groups is 1. The van der Waals surface area contributed by atoms with Crippen molar-refractivity contribution >= 4 is 23.3 Å². The van der Waals surface area contributed by atoms with Crippen LogP contribution in [0.25, 0.3) is 0 Å². The fraction of sp³-hybridized carbons (Fsp3) is 0.533. The molecule has 0 radical (unpaired) electrons. The molecule has 3 amide bonds. The lowest BCUT2D eigenvalue weighted by molar-refractivity contribution is -0.0137. The van der Waals surface area contributed by atoms with Crippen molar-refractivity contribution < 1.29 is 28.6 Å². The number of amides is 3. The van der Waals surface area contributed by atoms with Crippen molar-refractivity contribution in [3.8, 4) is 5.75 Å². The zero-order chi connectivity index (χ0) is 29.2. The number of nitrogens with zero attached hydrogens (tertiary/aromatic N) is 2. The number of ether oxygens (including phenoxy) is 2. The second kappa shape index (κ2) is 15.0. The molecule has 40 heavy (non-hydrogen) atoms. The number of fused-ring (bicyclic) bond motifs is 1. The Labute approximate surface area is 236 Å². The first-order valence-electron chi connectivity index (χ1n) is 13.9. The molecule has 3 N–H and O–H groups in total. The maximum Gasteiger partial charge on any atom is 0.323 e. The zero-order valence-electron chi connectivity index (χ0n) is 24.2. The quantitative estimate of drug-likeness (QED) is 0.470. The van der Waals surface area contributed by atoms with Crippen molar-refractivity contribution in [1.29, 1.82) is 0 Å². The molecule has 0 saturated heterocycles. The van der Waals surface area contributed by atoms with Crippen molar-refractivity contribution in [1.82, 2.24) is 9.80 Å². The molecule has 9 nitrogen and oxygen atoms in total. The fourth-order valence-electron chi connectivity index (χ4n) is 4.65. The molecule has 1 aliphatic rings. The minimum Gasteiger partial charge on any atom is -0.490 e. The number of rotatable bonds is 6. The lowest BCUT2D eigenvalue weighted by Crippen LogP contribution is -2.47. The predicted octanol–water partition coefficient (Wildman–Crippen LogP) is 4.83. The molecule has 4 atom stereocenters. The van der Waals surface area contributed by atoms with Crippen LogP contribution in [0.5, 0.6) is 5.75 Å². The molecule has 2 aromatic carbocycles. The van der Waals surface area contributed by atoms with Gasteiger partial charge in [-0.1, -0.05) is 6.92 Å². The van der Waals surface area contributed by atoms with E-state index in [9.17, 15) is 19.1 Å². The van der Waals surface area contributed by atoms with E-state index in [1.165, 1.54) is 24.3 Å². The van der Waals surface area contributed by atoms with Crippen molar-refractivity contribution in [3.63, 3.8) is 0 Å². The van der Waals surface area contributed by atoms with Gasteiger partial charge in [0.15, 0.2) is 0 Å². The molecule has 1 heterocycles. The third kappa shape index (κ3) is 9.18. The van der Waals surface area contributed by atoms with Gasteiger partial charge in [0.25, 0.3) is 5.91 Å². The Kier molecular flexibility index (Phi) is 11.7. The second-order valence-corrected chi connectivity index (χ2v) is 10.9. The summed E-state index contributed by atoms with van der Waals surface area (Å²) in [6, 6.07) is 9.39. The largest absolute Gasteiger partial charge is 0.490 e. The number of halogens is 1. The Balaban J connectivity index is 1.92. The highest BCUT2D eigenvalue weighted by Gasteiger charge is 2.30. The Morgan fingerprint density at radius 1 is 1.12 bits per heavy atom. The van der Waals surface area contributed by atoms with Crippen molar-refractivity contribution in [2.45, 2.75) is 58.3 Å². The third-order valence-electron chi connectivity index (χ3n) is 6.96. The summed E-state index contributed by atoms with van der Waals surface area (Å²) in [7, 11) is 3.99. The van der Waals surface area contributed by atoms with E-state index >= 15 is 0 Å². The molecule has 220 valence electrons. The van der Waals surface area contributed by atoms with Gasteiger partial charge in [-0.25, -0.2) is 9.18 Å². The molecule has 0 aliphatic carbocycles. The summed E-state index contributed by atoms with van der Waals surface area (Å²) in [5.74, 6) is -0.295. The zero-order valence-corrected chi connectivity index (χ0v) is 24.2. The summed E-state index contributed by atoms with van der Waals surface area (Å²) >= 11 is 0. The number of benzene rings is 2. The van der Waals surface area contributed by atoms with Gasteiger partial charge in [0.05, 0.1) is 30.4 Å². The van der Waals surface area contributed by atoms with Crippen molar-refractivity contribution in [2.24, 2.45) is 5.92 Å². The Morgan fingerprint density at radius 3 is 2.48 bits per heavy atom. The van der Waals surface area contributed by atoms with Crippen LogP contribution in [0.4, 0.5) is 20.6 Å². The van der Waals surface area contributed by atoms with E-state index in [1.807, 2.05) is 21.0 Å². The molecule has 0 unspecified atom stereocenters. The maximum absolute atomic E-state index is 14.1. The van der Waals surface area contributed by atoms with Crippen LogP contribution in [0.1, 0.15) is 50.4 Å². The number of nitrogens with one attached hydrogen (secondary N) is 2. The summed E-state index contributed by atoms with van der Waals surface area (Å²) in [6.45, 7) is 7.33. The lowest BCUT2D eigenvalue weighted by atomic mass is 10.0. The van der Waals surface area contributed by atoms with Crippen LogP contribution in [0.2, 0.25) is 0 Å². The average Bonchev–Trinajstić information content (AvgIpc) is 2.91. The van der Waals surface area contributed by atoms with Gasteiger partial charge in [0.2, 0.25) is 0 Å². The lowest BCUT2D eigenvalue weighted by Gasteiger charge is -2.35. The Hall–Kier alpha value is -3.21. The van der Waals surface area contributed by atoms with E-state index in [0.717, 1.165) is 19.3 Å². The van der Waals surface area contributed by atoms with Gasteiger partial charge in [-0.05, 0) is 89.7 Å². The number of anilines is 2. The SMILES string of the molecule is C[C@H]1CCCCO[C@H](CN(C)C)[C@@H](C)CN([C@@H](C)CO)C(=O)c2cc(NC(=O)Nc3ccc(F)cc3)ccc2O1. The van der Waals surface area contributed by atoms with Crippen LogP contribution in [0.3, 0.4) is 0 Å². The topological polar surface area (TPSA) is 103 Å². The first-order chi connectivity index (χ1) is 19.1. The van der Waals surface area contributed by atoms with E-state index in [0.29, 0.717) is 42.4 Å². The number of aliphatic hydroxyl groups excluding tert-OH is 1. The Morgan fingerprint density at radius 2 is 1.80 bits per heavy atom. The molecule has 0 spiro atoms. The first-order valence-corrected chi connectivity index (χ1v) is 13.9. The summed E-state index contributed by atoms with van der Waals surface area (Å²) in [5, 5.41) is 15.4. The number of carbonyl (C=O) groups excluding carboxylic acids is 2.